The smallest absolute Gasteiger partial charge is 0.204 e. The Labute approximate surface area is 144 Å². The monoisotopic (exact) mass is 346 g/mol. The summed E-state index contributed by atoms with van der Waals surface area (Å²) in [6.07, 6.45) is 2.63. The molecule has 7 nitrogen and oxygen atoms in total. The topological polar surface area (TPSA) is 105 Å². The largest absolute Gasteiger partial charge is 0.507 e. The molecular formula is C18H18O7. The Balaban J connectivity index is 2.44. The highest BCUT2D eigenvalue weighted by Crippen LogP contribution is 2.45. The van der Waals surface area contributed by atoms with Crippen LogP contribution in [0.3, 0.4) is 0 Å². The number of rotatable bonds is 6. The number of aromatic hydroxyl groups is 3. The minimum Gasteiger partial charge on any atom is -0.507 e. The first kappa shape index (κ1) is 18.0. The number of allylic oxidation sites excluding steroid dienone is 1. The number of benzene rings is 2. The van der Waals surface area contributed by atoms with Crippen molar-refractivity contribution in [1.82, 2.24) is 0 Å². The Morgan fingerprint density at radius 3 is 2.12 bits per heavy atom. The van der Waals surface area contributed by atoms with Crippen molar-refractivity contribution < 1.29 is 34.3 Å². The van der Waals surface area contributed by atoms with E-state index in [4.69, 9.17) is 14.2 Å². The predicted octanol–water partition coefficient (Wildman–Crippen LogP) is 2.73. The normalized spacial score (nSPS) is 10.7. The van der Waals surface area contributed by atoms with E-state index in [1.54, 1.807) is 0 Å². The lowest BCUT2D eigenvalue weighted by Gasteiger charge is -2.15. The zero-order valence-corrected chi connectivity index (χ0v) is 13.9. The van der Waals surface area contributed by atoms with Gasteiger partial charge in [0.2, 0.25) is 5.75 Å². The summed E-state index contributed by atoms with van der Waals surface area (Å²) >= 11 is 0. The van der Waals surface area contributed by atoms with E-state index in [9.17, 15) is 20.1 Å². The van der Waals surface area contributed by atoms with E-state index in [1.165, 1.54) is 57.7 Å². The van der Waals surface area contributed by atoms with Gasteiger partial charge in [-0.2, -0.15) is 0 Å². The Bertz CT molecular complexity index is 825. The second-order valence-electron chi connectivity index (χ2n) is 4.99. The van der Waals surface area contributed by atoms with Gasteiger partial charge in [0.1, 0.15) is 11.3 Å². The van der Waals surface area contributed by atoms with Crippen molar-refractivity contribution in [3.8, 4) is 34.5 Å². The lowest BCUT2D eigenvalue weighted by molar-refractivity contribution is 0.104. The van der Waals surface area contributed by atoms with Gasteiger partial charge in [-0.15, -0.1) is 0 Å². The maximum Gasteiger partial charge on any atom is 0.204 e. The molecule has 25 heavy (non-hydrogen) atoms. The van der Waals surface area contributed by atoms with Gasteiger partial charge in [-0.3, -0.25) is 4.79 Å². The summed E-state index contributed by atoms with van der Waals surface area (Å²) in [7, 11) is 4.13. The summed E-state index contributed by atoms with van der Waals surface area (Å²) in [6.45, 7) is 0. The van der Waals surface area contributed by atoms with Gasteiger partial charge in [0.15, 0.2) is 28.8 Å². The number of ether oxygens (including phenoxy) is 3. The second kappa shape index (κ2) is 7.48. The minimum atomic E-state index is -0.539. The van der Waals surface area contributed by atoms with Crippen molar-refractivity contribution >= 4 is 11.9 Å². The van der Waals surface area contributed by atoms with Gasteiger partial charge in [0.05, 0.1) is 21.3 Å². The maximum absolute atomic E-state index is 12.5. The third kappa shape index (κ3) is 3.60. The highest BCUT2D eigenvalue weighted by Gasteiger charge is 2.24. The summed E-state index contributed by atoms with van der Waals surface area (Å²) in [6, 6.07) is 5.37. The lowest BCUT2D eigenvalue weighted by Crippen LogP contribution is -2.03. The van der Waals surface area contributed by atoms with Gasteiger partial charge in [0, 0.05) is 6.07 Å². The standard InChI is InChI=1S/C18H18O7/c1-23-15-9-14(22)16(18(25-3)17(15)24-2)12(20)7-5-10-4-6-11(19)13(21)8-10/h4-9,19,21-22H,1-3H3. The van der Waals surface area contributed by atoms with Crippen LogP contribution in [0.5, 0.6) is 34.5 Å². The number of methoxy groups -OCH3 is 3. The summed E-state index contributed by atoms with van der Waals surface area (Å²) in [5.74, 6) is -0.977. The van der Waals surface area contributed by atoms with E-state index in [2.05, 4.69) is 0 Å². The van der Waals surface area contributed by atoms with Crippen molar-refractivity contribution in [2.75, 3.05) is 21.3 Å². The van der Waals surface area contributed by atoms with Crippen LogP contribution in [-0.4, -0.2) is 42.4 Å². The van der Waals surface area contributed by atoms with Crippen molar-refractivity contribution in [3.63, 3.8) is 0 Å². The van der Waals surface area contributed by atoms with E-state index in [1.807, 2.05) is 0 Å². The second-order valence-corrected chi connectivity index (χ2v) is 4.99. The summed E-state index contributed by atoms with van der Waals surface area (Å²) < 4.78 is 15.5. The quantitative estimate of drug-likeness (QED) is 0.419. The van der Waals surface area contributed by atoms with Crippen LogP contribution in [0, 0.1) is 0 Å². The fourth-order valence-electron chi connectivity index (χ4n) is 2.28. The van der Waals surface area contributed by atoms with Crippen molar-refractivity contribution in [2.24, 2.45) is 0 Å². The van der Waals surface area contributed by atoms with Crippen LogP contribution < -0.4 is 14.2 Å². The number of hydrogen-bond acceptors (Lipinski definition) is 7. The molecule has 0 aromatic heterocycles. The lowest BCUT2D eigenvalue weighted by atomic mass is 10.0. The molecule has 3 N–H and O–H groups in total. The maximum atomic E-state index is 12.5. The first-order valence-corrected chi connectivity index (χ1v) is 7.19. The van der Waals surface area contributed by atoms with E-state index >= 15 is 0 Å². The minimum absolute atomic E-state index is 0.0440. The first-order valence-electron chi connectivity index (χ1n) is 7.19. The van der Waals surface area contributed by atoms with Crippen LogP contribution >= 0.6 is 0 Å². The van der Waals surface area contributed by atoms with Crippen LogP contribution in [0.15, 0.2) is 30.3 Å². The molecule has 132 valence electrons. The van der Waals surface area contributed by atoms with Gasteiger partial charge in [-0.1, -0.05) is 12.1 Å². The molecule has 2 aromatic rings. The number of phenolic OH excluding ortho intramolecular Hbond substituents is 3. The molecule has 0 radical (unpaired) electrons. The van der Waals surface area contributed by atoms with Gasteiger partial charge in [0.25, 0.3) is 0 Å². The van der Waals surface area contributed by atoms with Crippen LogP contribution in [0.4, 0.5) is 0 Å². The fraction of sp³-hybridized carbons (Fsp3) is 0.167. The highest BCUT2D eigenvalue weighted by molar-refractivity contribution is 6.11. The number of carbonyl (C=O) groups excluding carboxylic acids is 1. The van der Waals surface area contributed by atoms with Crippen LogP contribution in [0.2, 0.25) is 0 Å². The van der Waals surface area contributed by atoms with Crippen LogP contribution in [-0.2, 0) is 0 Å². The molecule has 0 heterocycles. The van der Waals surface area contributed by atoms with Crippen molar-refractivity contribution in [3.05, 3.63) is 41.5 Å². The van der Waals surface area contributed by atoms with E-state index in [0.29, 0.717) is 5.56 Å². The number of hydrogen-bond donors (Lipinski definition) is 3. The Hall–Kier alpha value is -3.35. The highest BCUT2D eigenvalue weighted by atomic mass is 16.5. The first-order chi connectivity index (χ1) is 11.9. The Morgan fingerprint density at radius 1 is 0.880 bits per heavy atom. The summed E-state index contributed by atoms with van der Waals surface area (Å²) in [4.78, 5) is 12.5. The molecule has 0 aliphatic rings. The van der Waals surface area contributed by atoms with Gasteiger partial charge >= 0.3 is 0 Å². The van der Waals surface area contributed by atoms with Gasteiger partial charge in [-0.05, 0) is 23.8 Å². The predicted molar refractivity (Wildman–Crippen MR) is 90.9 cm³/mol. The van der Waals surface area contributed by atoms with Crippen molar-refractivity contribution in [1.29, 1.82) is 0 Å². The summed E-state index contributed by atoms with van der Waals surface area (Å²) in [5, 5.41) is 28.9. The molecule has 0 bridgehead atoms. The van der Waals surface area contributed by atoms with E-state index < -0.39 is 5.78 Å². The number of ketones is 1. The van der Waals surface area contributed by atoms with Crippen LogP contribution in [0.25, 0.3) is 6.08 Å². The average Bonchev–Trinajstić information content (AvgIpc) is 2.61. The Kier molecular flexibility index (Phi) is 5.38. The molecule has 0 saturated carbocycles. The van der Waals surface area contributed by atoms with E-state index in [0.717, 1.165) is 0 Å². The Morgan fingerprint density at radius 2 is 1.56 bits per heavy atom. The third-order valence-electron chi connectivity index (χ3n) is 3.48. The molecule has 0 spiro atoms. The van der Waals surface area contributed by atoms with Gasteiger partial charge < -0.3 is 29.5 Å². The summed E-state index contributed by atoms with van der Waals surface area (Å²) in [5.41, 5.74) is 0.405. The average molecular weight is 346 g/mol. The SMILES string of the molecule is COc1cc(O)c(C(=O)C=Cc2ccc(O)c(O)c2)c(OC)c1OC. The molecule has 0 saturated heterocycles. The molecule has 2 rings (SSSR count). The molecule has 2 aromatic carbocycles. The fourth-order valence-corrected chi connectivity index (χ4v) is 2.28. The van der Waals surface area contributed by atoms with Gasteiger partial charge in [-0.25, -0.2) is 0 Å². The zero-order chi connectivity index (χ0) is 18.6. The molecule has 0 amide bonds. The zero-order valence-electron chi connectivity index (χ0n) is 13.9. The number of phenols is 3. The molecule has 0 aliphatic heterocycles. The molecule has 0 aliphatic carbocycles. The molecule has 7 heteroatoms. The van der Waals surface area contributed by atoms with Crippen molar-refractivity contribution in [2.45, 2.75) is 0 Å². The molecule has 0 unspecified atom stereocenters. The third-order valence-corrected chi connectivity index (χ3v) is 3.48. The van der Waals surface area contributed by atoms with Crippen LogP contribution in [0.1, 0.15) is 15.9 Å². The molecule has 0 atom stereocenters. The molecular weight excluding hydrogens is 328 g/mol. The van der Waals surface area contributed by atoms with E-state index in [-0.39, 0.29) is 40.1 Å². The number of carbonyl (C=O) groups is 1. The molecule has 0 fully saturated rings.